The molecule has 0 bridgehead atoms. The molecule has 0 atom stereocenters. The number of hydrogen-bond donors (Lipinski definition) is 1. The van der Waals surface area contributed by atoms with E-state index >= 15 is 0 Å². The number of benzene rings is 1. The lowest BCUT2D eigenvalue weighted by atomic mass is 10.1. The first-order valence-electron chi connectivity index (χ1n) is 6.59. The van der Waals surface area contributed by atoms with Crippen molar-refractivity contribution in [1.82, 2.24) is 10.2 Å². The predicted molar refractivity (Wildman–Crippen MR) is 77.1 cm³/mol. The summed E-state index contributed by atoms with van der Waals surface area (Å²) in [6, 6.07) is 7.38. The van der Waals surface area contributed by atoms with E-state index in [1.54, 1.807) is 0 Å². The van der Waals surface area contributed by atoms with Crippen LogP contribution in [0.4, 0.5) is 0 Å². The maximum Gasteiger partial charge on any atom is 0.243 e. The molecule has 20 heavy (non-hydrogen) atoms. The summed E-state index contributed by atoms with van der Waals surface area (Å²) in [5.74, 6) is 1.95. The van der Waals surface area contributed by atoms with Crippen molar-refractivity contribution < 1.29 is 9.47 Å². The van der Waals surface area contributed by atoms with Gasteiger partial charge in [0.1, 0.15) is 11.5 Å². The summed E-state index contributed by atoms with van der Waals surface area (Å²) in [6.07, 6.45) is 0. The van der Waals surface area contributed by atoms with E-state index in [-0.39, 0.29) is 0 Å². The first-order valence-corrected chi connectivity index (χ1v) is 6.59. The summed E-state index contributed by atoms with van der Waals surface area (Å²) in [5, 5.41) is 8.16. The molecule has 0 fully saturated rings. The molecule has 0 spiro atoms. The molecule has 2 N–H and O–H groups in total. The molecule has 0 unspecified atom stereocenters. The maximum atomic E-state index is 5.77. The lowest BCUT2D eigenvalue weighted by Crippen LogP contribution is -2.07. The van der Waals surface area contributed by atoms with Gasteiger partial charge in [0.05, 0.1) is 12.3 Å². The molecule has 0 amide bonds. The highest BCUT2D eigenvalue weighted by atomic mass is 16.5. The Bertz CT molecular complexity index is 582. The van der Waals surface area contributed by atoms with E-state index < -0.39 is 0 Å². The Morgan fingerprint density at radius 1 is 1.05 bits per heavy atom. The van der Waals surface area contributed by atoms with Gasteiger partial charge in [0.2, 0.25) is 5.88 Å². The molecule has 1 aromatic carbocycles. The minimum absolute atomic E-state index is 0.370. The molecule has 106 valence electrons. The lowest BCUT2D eigenvalue weighted by Gasteiger charge is -2.12. The van der Waals surface area contributed by atoms with Crippen LogP contribution in [0.1, 0.15) is 23.7 Å². The molecule has 0 saturated carbocycles. The van der Waals surface area contributed by atoms with Crippen LogP contribution in [0, 0.1) is 13.8 Å². The van der Waals surface area contributed by atoms with E-state index in [4.69, 9.17) is 15.2 Å². The zero-order chi connectivity index (χ0) is 14.5. The van der Waals surface area contributed by atoms with Crippen LogP contribution in [0.3, 0.4) is 0 Å². The highest BCUT2D eigenvalue weighted by Crippen LogP contribution is 2.26. The summed E-state index contributed by atoms with van der Waals surface area (Å²) in [5.41, 5.74) is 8.53. The third-order valence-electron chi connectivity index (χ3n) is 3.10. The maximum absolute atomic E-state index is 5.77. The Morgan fingerprint density at radius 2 is 1.70 bits per heavy atom. The molecule has 1 aromatic heterocycles. The van der Waals surface area contributed by atoms with Crippen molar-refractivity contribution in [3.63, 3.8) is 0 Å². The molecule has 5 heteroatoms. The van der Waals surface area contributed by atoms with Gasteiger partial charge < -0.3 is 15.2 Å². The van der Waals surface area contributed by atoms with Crippen LogP contribution in [-0.2, 0) is 6.54 Å². The second-order valence-electron chi connectivity index (χ2n) is 4.40. The number of ether oxygens (including phenoxy) is 2. The number of aryl methyl sites for hydroxylation is 1. The van der Waals surface area contributed by atoms with Gasteiger partial charge in [0.25, 0.3) is 0 Å². The van der Waals surface area contributed by atoms with Crippen molar-refractivity contribution in [3.8, 4) is 17.4 Å². The summed E-state index contributed by atoms with van der Waals surface area (Å²) in [6.45, 7) is 6.83. The van der Waals surface area contributed by atoms with E-state index in [0.717, 1.165) is 22.6 Å². The fourth-order valence-electron chi connectivity index (χ4n) is 1.84. The zero-order valence-corrected chi connectivity index (χ0v) is 12.0. The van der Waals surface area contributed by atoms with Crippen LogP contribution in [0.5, 0.6) is 17.4 Å². The number of aromatic nitrogens is 2. The summed E-state index contributed by atoms with van der Waals surface area (Å²) < 4.78 is 11.1. The van der Waals surface area contributed by atoms with Crippen LogP contribution in [-0.4, -0.2) is 16.8 Å². The van der Waals surface area contributed by atoms with Gasteiger partial charge in [0, 0.05) is 12.1 Å². The van der Waals surface area contributed by atoms with Gasteiger partial charge in [-0.2, -0.15) is 5.10 Å². The van der Waals surface area contributed by atoms with Crippen molar-refractivity contribution in [2.75, 3.05) is 6.61 Å². The number of hydrogen-bond acceptors (Lipinski definition) is 5. The Hall–Kier alpha value is -2.14. The standard InChI is InChI=1S/C15H19N3O2/c1-4-19-12-5-7-13(8-6-12)20-15-14(9-16)10(2)11(3)17-18-15/h5-8H,4,9,16H2,1-3H3. The van der Waals surface area contributed by atoms with Crippen molar-refractivity contribution in [3.05, 3.63) is 41.1 Å². The van der Waals surface area contributed by atoms with Crippen molar-refractivity contribution in [1.29, 1.82) is 0 Å². The average Bonchev–Trinajstić information content (AvgIpc) is 2.46. The number of nitrogens with zero attached hydrogens (tertiary/aromatic N) is 2. The highest BCUT2D eigenvalue weighted by Gasteiger charge is 2.11. The SMILES string of the molecule is CCOc1ccc(Oc2nnc(C)c(C)c2CN)cc1. The number of nitrogens with two attached hydrogens (primary N) is 1. The van der Waals surface area contributed by atoms with Crippen LogP contribution >= 0.6 is 0 Å². The highest BCUT2D eigenvalue weighted by molar-refractivity contribution is 5.39. The largest absolute Gasteiger partial charge is 0.494 e. The first kappa shape index (κ1) is 14.3. The molecule has 0 saturated heterocycles. The predicted octanol–water partition coefficient (Wildman–Crippen LogP) is 2.74. The Labute approximate surface area is 118 Å². The van der Waals surface area contributed by atoms with Gasteiger partial charge in [-0.15, -0.1) is 5.10 Å². The second-order valence-corrected chi connectivity index (χ2v) is 4.40. The summed E-state index contributed by atoms with van der Waals surface area (Å²) in [4.78, 5) is 0. The minimum atomic E-state index is 0.370. The molecular weight excluding hydrogens is 254 g/mol. The van der Waals surface area contributed by atoms with Crippen molar-refractivity contribution in [2.45, 2.75) is 27.3 Å². The second kappa shape index (κ2) is 6.34. The van der Waals surface area contributed by atoms with Crippen molar-refractivity contribution >= 4 is 0 Å². The average molecular weight is 273 g/mol. The van der Waals surface area contributed by atoms with Gasteiger partial charge in [-0.3, -0.25) is 0 Å². The first-order chi connectivity index (χ1) is 9.65. The molecule has 0 aliphatic rings. The quantitative estimate of drug-likeness (QED) is 0.907. The van der Waals surface area contributed by atoms with E-state index in [1.165, 1.54) is 0 Å². The summed E-state index contributed by atoms with van der Waals surface area (Å²) >= 11 is 0. The molecule has 0 radical (unpaired) electrons. The van der Waals surface area contributed by atoms with E-state index in [2.05, 4.69) is 10.2 Å². The van der Waals surface area contributed by atoms with Crippen LogP contribution in [0.25, 0.3) is 0 Å². The molecule has 0 aliphatic heterocycles. The molecular formula is C15H19N3O2. The van der Waals surface area contributed by atoms with E-state index in [9.17, 15) is 0 Å². The van der Waals surface area contributed by atoms with Crippen molar-refractivity contribution in [2.24, 2.45) is 5.73 Å². The van der Waals surface area contributed by atoms with E-state index in [0.29, 0.717) is 24.8 Å². The van der Waals surface area contributed by atoms with Gasteiger partial charge in [-0.05, 0) is 50.6 Å². The van der Waals surface area contributed by atoms with Gasteiger partial charge >= 0.3 is 0 Å². The van der Waals surface area contributed by atoms with Crippen LogP contribution < -0.4 is 15.2 Å². The van der Waals surface area contributed by atoms with Gasteiger partial charge in [-0.1, -0.05) is 0 Å². The van der Waals surface area contributed by atoms with Gasteiger partial charge in [0.15, 0.2) is 0 Å². The molecule has 1 heterocycles. The Kier molecular flexibility index (Phi) is 4.53. The van der Waals surface area contributed by atoms with Crippen LogP contribution in [0.15, 0.2) is 24.3 Å². The zero-order valence-electron chi connectivity index (χ0n) is 12.0. The topological polar surface area (TPSA) is 70.3 Å². The lowest BCUT2D eigenvalue weighted by molar-refractivity contribution is 0.339. The number of rotatable bonds is 5. The summed E-state index contributed by atoms with van der Waals surface area (Å²) in [7, 11) is 0. The minimum Gasteiger partial charge on any atom is -0.494 e. The van der Waals surface area contributed by atoms with Crippen LogP contribution in [0.2, 0.25) is 0 Å². The third-order valence-corrected chi connectivity index (χ3v) is 3.10. The van der Waals surface area contributed by atoms with Gasteiger partial charge in [-0.25, -0.2) is 0 Å². The van der Waals surface area contributed by atoms with E-state index in [1.807, 2.05) is 45.0 Å². The third kappa shape index (κ3) is 3.05. The molecule has 0 aliphatic carbocycles. The fraction of sp³-hybridized carbons (Fsp3) is 0.333. The Balaban J connectivity index is 2.23. The monoisotopic (exact) mass is 273 g/mol. The molecule has 2 rings (SSSR count). The molecule has 2 aromatic rings. The molecule has 5 nitrogen and oxygen atoms in total. The smallest absolute Gasteiger partial charge is 0.243 e. The normalized spacial score (nSPS) is 10.4. The Morgan fingerprint density at radius 3 is 2.30 bits per heavy atom. The fourth-order valence-corrected chi connectivity index (χ4v) is 1.84.